The van der Waals surface area contributed by atoms with Crippen LogP contribution in [0.1, 0.15) is 19.4 Å². The van der Waals surface area contributed by atoms with E-state index in [1.54, 1.807) is 33.2 Å². The molecule has 144 valence electrons. The summed E-state index contributed by atoms with van der Waals surface area (Å²) >= 11 is 0. The van der Waals surface area contributed by atoms with E-state index in [4.69, 9.17) is 4.74 Å². The largest absolute Gasteiger partial charge is 0.445 e. The molecule has 0 aliphatic carbocycles. The normalized spacial score (nSPS) is 9.40. The molecule has 1 rings (SSSR count). The van der Waals surface area contributed by atoms with Crippen molar-refractivity contribution in [3.63, 3.8) is 0 Å². The topological polar surface area (TPSA) is 59.1 Å². The molecular formula is C18H32N2O4S. The van der Waals surface area contributed by atoms with Crippen LogP contribution in [0.3, 0.4) is 0 Å². The lowest BCUT2D eigenvalue weighted by atomic mass is 10.2. The molecule has 6 nitrogen and oxygen atoms in total. The molecule has 0 aromatic heterocycles. The third-order valence-corrected chi connectivity index (χ3v) is 3.16. The first-order valence-electron chi connectivity index (χ1n) is 7.90. The van der Waals surface area contributed by atoms with Gasteiger partial charge >= 0.3 is 6.09 Å². The number of benzene rings is 1. The van der Waals surface area contributed by atoms with Crippen LogP contribution in [0.5, 0.6) is 0 Å². The maximum atomic E-state index is 11.8. The molecule has 0 aliphatic heterocycles. The molecular weight excluding hydrogens is 340 g/mol. The number of methoxy groups -OCH3 is 1. The number of carbonyl (C=O) groups excluding carboxylic acids is 2. The summed E-state index contributed by atoms with van der Waals surface area (Å²) in [5.41, 5.74) is 0.950. The second-order valence-electron chi connectivity index (χ2n) is 5.78. The lowest BCUT2D eigenvalue weighted by Crippen LogP contribution is -2.39. The molecule has 2 amide bonds. The summed E-state index contributed by atoms with van der Waals surface area (Å²) in [6, 6.07) is 9.53. The summed E-state index contributed by atoms with van der Waals surface area (Å²) in [6.45, 7) is 4.91. The van der Waals surface area contributed by atoms with E-state index >= 15 is 0 Å². The first kappa shape index (κ1) is 25.5. The molecule has 0 radical (unpaired) electrons. The zero-order valence-electron chi connectivity index (χ0n) is 16.1. The second-order valence-corrected chi connectivity index (χ2v) is 5.78. The Labute approximate surface area is 158 Å². The Balaban J connectivity index is 0. The highest BCUT2D eigenvalue weighted by atomic mass is 32.1. The molecule has 0 atom stereocenters. The molecule has 25 heavy (non-hydrogen) atoms. The Kier molecular flexibility index (Phi) is 14.9. The van der Waals surface area contributed by atoms with Crippen LogP contribution < -0.4 is 0 Å². The smallest absolute Gasteiger partial charge is 0.409 e. The molecule has 0 saturated heterocycles. The maximum Gasteiger partial charge on any atom is 0.409 e. The van der Waals surface area contributed by atoms with Crippen molar-refractivity contribution < 1.29 is 19.1 Å². The number of rotatable bonds is 6. The van der Waals surface area contributed by atoms with Gasteiger partial charge in [-0.3, -0.25) is 4.79 Å². The summed E-state index contributed by atoms with van der Waals surface area (Å²) in [4.78, 5) is 26.7. The first-order valence-corrected chi connectivity index (χ1v) is 7.90. The molecule has 0 saturated carbocycles. The summed E-state index contributed by atoms with van der Waals surface area (Å²) in [7, 11) is 6.66. The van der Waals surface area contributed by atoms with Crippen LogP contribution in [0.4, 0.5) is 4.79 Å². The van der Waals surface area contributed by atoms with Gasteiger partial charge < -0.3 is 19.3 Å². The van der Waals surface area contributed by atoms with Crippen molar-refractivity contribution in [3.05, 3.63) is 35.9 Å². The predicted molar refractivity (Wildman–Crippen MR) is 105 cm³/mol. The lowest BCUT2D eigenvalue weighted by Gasteiger charge is -2.23. The van der Waals surface area contributed by atoms with Gasteiger partial charge in [-0.1, -0.05) is 44.2 Å². The number of amides is 2. The molecule has 0 bridgehead atoms. The summed E-state index contributed by atoms with van der Waals surface area (Å²) in [5.74, 6) is 0.0337. The number of likely N-dealkylation sites (N-methyl/N-ethyl adjacent to an activating group) is 2. The molecule has 0 unspecified atom stereocenters. The van der Waals surface area contributed by atoms with Gasteiger partial charge in [-0.2, -0.15) is 13.5 Å². The van der Waals surface area contributed by atoms with Crippen molar-refractivity contribution in [1.82, 2.24) is 9.80 Å². The van der Waals surface area contributed by atoms with Crippen LogP contribution in [0.25, 0.3) is 0 Å². The van der Waals surface area contributed by atoms with E-state index < -0.39 is 0 Å². The second kappa shape index (κ2) is 14.6. The minimum Gasteiger partial charge on any atom is -0.445 e. The van der Waals surface area contributed by atoms with Crippen molar-refractivity contribution in [3.8, 4) is 0 Å². The fraction of sp³-hybridized carbons (Fsp3) is 0.556. The Morgan fingerprint density at radius 3 is 1.96 bits per heavy atom. The number of hydrogen-bond acceptors (Lipinski definition) is 4. The summed E-state index contributed by atoms with van der Waals surface area (Å²) in [5, 5.41) is 0. The number of carbonyl (C=O) groups is 2. The van der Waals surface area contributed by atoms with E-state index in [1.807, 2.05) is 44.2 Å². The van der Waals surface area contributed by atoms with Gasteiger partial charge in [0.25, 0.3) is 0 Å². The fourth-order valence-corrected chi connectivity index (χ4v) is 1.77. The van der Waals surface area contributed by atoms with Crippen molar-refractivity contribution in [1.29, 1.82) is 0 Å². The van der Waals surface area contributed by atoms with E-state index in [0.29, 0.717) is 13.1 Å². The third-order valence-electron chi connectivity index (χ3n) is 3.16. The number of hydrogen-bond donors (Lipinski definition) is 0. The molecule has 0 heterocycles. The standard InChI is InChI=1S/C16H24N2O3.C2H6O.H2S/c1-13(2)15(19)17(3)10-11-18(4)16(20)21-12-14-8-6-5-7-9-14;1-3-2;/h5-9,13H,10-12H2,1-4H3;1-2H3;1H2. The quantitative estimate of drug-likeness (QED) is 0.770. The Morgan fingerprint density at radius 1 is 1.00 bits per heavy atom. The van der Waals surface area contributed by atoms with Crippen molar-refractivity contribution in [2.45, 2.75) is 20.5 Å². The van der Waals surface area contributed by atoms with Gasteiger partial charge in [-0.05, 0) is 5.56 Å². The Morgan fingerprint density at radius 2 is 1.48 bits per heavy atom. The molecule has 0 fully saturated rings. The van der Waals surface area contributed by atoms with Crippen LogP contribution in [0, 0.1) is 5.92 Å². The van der Waals surface area contributed by atoms with Gasteiger partial charge in [0.15, 0.2) is 0 Å². The summed E-state index contributed by atoms with van der Waals surface area (Å²) in [6.07, 6.45) is -0.385. The lowest BCUT2D eigenvalue weighted by molar-refractivity contribution is -0.133. The highest BCUT2D eigenvalue weighted by Gasteiger charge is 2.15. The van der Waals surface area contributed by atoms with Crippen LogP contribution in [-0.4, -0.2) is 63.2 Å². The molecule has 0 aliphatic rings. The van der Waals surface area contributed by atoms with Crippen LogP contribution in [-0.2, 0) is 20.9 Å². The minimum absolute atomic E-state index is 0. The van der Waals surface area contributed by atoms with E-state index in [-0.39, 0.29) is 38.0 Å². The van der Waals surface area contributed by atoms with Crippen molar-refractivity contribution in [2.24, 2.45) is 5.92 Å². The molecule has 1 aromatic carbocycles. The monoisotopic (exact) mass is 372 g/mol. The SMILES string of the molecule is CC(C)C(=O)N(C)CCN(C)C(=O)OCc1ccccc1.COC.S. The molecule has 1 aromatic rings. The Bertz CT molecular complexity index is 483. The van der Waals surface area contributed by atoms with Gasteiger partial charge in [-0.15, -0.1) is 0 Å². The maximum absolute atomic E-state index is 11.8. The average Bonchev–Trinajstić information content (AvgIpc) is 2.57. The van der Waals surface area contributed by atoms with E-state index in [9.17, 15) is 9.59 Å². The number of ether oxygens (including phenoxy) is 2. The van der Waals surface area contributed by atoms with Gasteiger partial charge in [0.05, 0.1) is 0 Å². The van der Waals surface area contributed by atoms with Gasteiger partial charge in [0.2, 0.25) is 5.91 Å². The zero-order valence-corrected chi connectivity index (χ0v) is 17.1. The van der Waals surface area contributed by atoms with E-state index in [0.717, 1.165) is 5.56 Å². The predicted octanol–water partition coefficient (Wildman–Crippen LogP) is 2.74. The highest BCUT2D eigenvalue weighted by Crippen LogP contribution is 2.03. The van der Waals surface area contributed by atoms with Crippen molar-refractivity contribution >= 4 is 25.5 Å². The summed E-state index contributed by atoms with van der Waals surface area (Å²) < 4.78 is 9.46. The first-order chi connectivity index (χ1) is 11.3. The molecule has 0 N–H and O–H groups in total. The molecule has 7 heteroatoms. The van der Waals surface area contributed by atoms with Gasteiger partial charge in [0, 0.05) is 47.3 Å². The van der Waals surface area contributed by atoms with E-state index in [2.05, 4.69) is 4.74 Å². The zero-order chi connectivity index (χ0) is 18.5. The van der Waals surface area contributed by atoms with Crippen LogP contribution >= 0.6 is 13.5 Å². The minimum atomic E-state index is -0.385. The third kappa shape index (κ3) is 11.4. The van der Waals surface area contributed by atoms with Crippen LogP contribution in [0.15, 0.2) is 30.3 Å². The van der Waals surface area contributed by atoms with Gasteiger partial charge in [0.1, 0.15) is 6.61 Å². The van der Waals surface area contributed by atoms with Crippen molar-refractivity contribution in [2.75, 3.05) is 41.4 Å². The van der Waals surface area contributed by atoms with Crippen LogP contribution in [0.2, 0.25) is 0 Å². The number of nitrogens with zero attached hydrogens (tertiary/aromatic N) is 2. The average molecular weight is 373 g/mol. The highest BCUT2D eigenvalue weighted by molar-refractivity contribution is 7.59. The molecule has 0 spiro atoms. The van der Waals surface area contributed by atoms with Gasteiger partial charge in [-0.25, -0.2) is 4.79 Å². The van der Waals surface area contributed by atoms with E-state index in [1.165, 1.54) is 4.90 Å². The Hall–Kier alpha value is -1.73. The fourth-order valence-electron chi connectivity index (χ4n) is 1.77.